The maximum absolute atomic E-state index is 9.66. The molecule has 0 fully saturated rings. The molecule has 1 unspecified atom stereocenters. The van der Waals surface area contributed by atoms with Crippen LogP contribution in [-0.2, 0) is 4.57 Å². The Balaban J connectivity index is 0. The summed E-state index contributed by atoms with van der Waals surface area (Å²) in [5.41, 5.74) is 5.35. The summed E-state index contributed by atoms with van der Waals surface area (Å²) >= 11 is 0. The van der Waals surface area contributed by atoms with Crippen LogP contribution in [-0.4, -0.2) is 31.4 Å². The van der Waals surface area contributed by atoms with Crippen LogP contribution in [0.3, 0.4) is 0 Å². The average Bonchev–Trinajstić information content (AvgIpc) is 2.19. The minimum atomic E-state index is -4.64. The van der Waals surface area contributed by atoms with Gasteiger partial charge in [0.25, 0.3) is 0 Å². The van der Waals surface area contributed by atoms with Crippen molar-refractivity contribution < 1.29 is 24.4 Å². The maximum Gasteiger partial charge on any atom is 0.466 e. The van der Waals surface area contributed by atoms with E-state index in [1.54, 1.807) is 0 Å². The molecule has 6 N–H and O–H groups in total. The van der Waals surface area contributed by atoms with Crippen LogP contribution in [0.15, 0.2) is 0 Å². The number of nitrogens with two attached hydrogens (primary N) is 1. The largest absolute Gasteiger partial charge is 0.466 e. The highest BCUT2D eigenvalue weighted by Gasteiger charge is 2.21. The lowest BCUT2D eigenvalue weighted by Gasteiger charge is -2.25. The molecule has 0 aliphatic rings. The molecule has 0 heterocycles. The monoisotopic (exact) mass is 299 g/mol. The molecule has 0 rings (SSSR count). The quantitative estimate of drug-likeness (QED) is 0.344. The summed E-state index contributed by atoms with van der Waals surface area (Å²) in [6, 6.07) is 0. The van der Waals surface area contributed by atoms with Crippen molar-refractivity contribution in [3.8, 4) is 0 Å². The van der Waals surface area contributed by atoms with E-state index in [9.17, 15) is 5.11 Å². The van der Waals surface area contributed by atoms with Gasteiger partial charge < -0.3 is 25.5 Å². The van der Waals surface area contributed by atoms with Gasteiger partial charge >= 0.3 is 7.82 Å². The molecule has 0 spiro atoms. The van der Waals surface area contributed by atoms with E-state index >= 15 is 0 Å². The number of unbranched alkanes of at least 4 members (excludes halogenated alkanes) is 5. The lowest BCUT2D eigenvalue weighted by Crippen LogP contribution is -2.44. The SMILES string of the molecule is CCCCCCCCC(O)C(C)(C)N.O=P(O)(O)O. The number of aliphatic hydroxyl groups is 1. The Bertz CT molecular complexity index is 241. The van der Waals surface area contributed by atoms with Crippen molar-refractivity contribution in [2.24, 2.45) is 5.73 Å². The summed E-state index contributed by atoms with van der Waals surface area (Å²) in [6.45, 7) is 5.99. The molecule has 0 bridgehead atoms. The van der Waals surface area contributed by atoms with Gasteiger partial charge in [0.1, 0.15) is 0 Å². The van der Waals surface area contributed by atoms with Crippen molar-refractivity contribution in [2.75, 3.05) is 0 Å². The predicted molar refractivity (Wildman–Crippen MR) is 76.5 cm³/mol. The Kier molecular flexibility index (Phi) is 12.1. The number of rotatable bonds is 8. The lowest BCUT2D eigenvalue weighted by atomic mass is 9.94. The fourth-order valence-electron chi connectivity index (χ4n) is 1.49. The summed E-state index contributed by atoms with van der Waals surface area (Å²) in [4.78, 5) is 21.6. The normalized spacial score (nSPS) is 13.7. The molecule has 0 amide bonds. The third-order valence-electron chi connectivity index (χ3n) is 2.69. The number of hydrogen-bond acceptors (Lipinski definition) is 3. The first-order chi connectivity index (χ1) is 8.48. The van der Waals surface area contributed by atoms with Crippen molar-refractivity contribution in [3.63, 3.8) is 0 Å². The van der Waals surface area contributed by atoms with E-state index in [2.05, 4.69) is 6.92 Å². The predicted octanol–water partition coefficient (Wildman–Crippen LogP) is 1.91. The van der Waals surface area contributed by atoms with E-state index in [-0.39, 0.29) is 6.10 Å². The van der Waals surface area contributed by atoms with Gasteiger partial charge in [-0.3, -0.25) is 0 Å². The standard InChI is InChI=1S/C12H27NO.H3O4P/c1-4-5-6-7-8-9-10-11(14)12(2,3)13;1-5(2,3)4/h11,14H,4-10,13H2,1-3H3;(H3,1,2,3,4). The molecule has 19 heavy (non-hydrogen) atoms. The van der Waals surface area contributed by atoms with Crippen molar-refractivity contribution >= 4 is 7.82 Å². The zero-order valence-electron chi connectivity index (χ0n) is 12.2. The minimum absolute atomic E-state index is 0.353. The van der Waals surface area contributed by atoms with Gasteiger partial charge in [-0.15, -0.1) is 0 Å². The summed E-state index contributed by atoms with van der Waals surface area (Å²) in [5.74, 6) is 0. The van der Waals surface area contributed by atoms with Crippen LogP contribution >= 0.6 is 7.82 Å². The molecular weight excluding hydrogens is 269 g/mol. The summed E-state index contributed by atoms with van der Waals surface area (Å²) in [6.07, 6.45) is 8.08. The van der Waals surface area contributed by atoms with E-state index in [0.717, 1.165) is 12.8 Å². The van der Waals surface area contributed by atoms with Crippen molar-refractivity contribution in [2.45, 2.75) is 77.4 Å². The maximum atomic E-state index is 9.66. The van der Waals surface area contributed by atoms with Crippen LogP contribution in [0.25, 0.3) is 0 Å². The van der Waals surface area contributed by atoms with Crippen LogP contribution in [0.2, 0.25) is 0 Å². The van der Waals surface area contributed by atoms with Crippen LogP contribution in [0.5, 0.6) is 0 Å². The molecular formula is C12H30NO5P. The van der Waals surface area contributed by atoms with Gasteiger partial charge in [0.15, 0.2) is 0 Å². The third-order valence-corrected chi connectivity index (χ3v) is 2.69. The van der Waals surface area contributed by atoms with Gasteiger partial charge in [-0.05, 0) is 20.3 Å². The minimum Gasteiger partial charge on any atom is -0.391 e. The number of hydrogen-bond donors (Lipinski definition) is 5. The van der Waals surface area contributed by atoms with E-state index in [1.807, 2.05) is 13.8 Å². The first-order valence-electron chi connectivity index (χ1n) is 6.73. The molecule has 0 aliphatic carbocycles. The van der Waals surface area contributed by atoms with Gasteiger partial charge in [0.05, 0.1) is 6.10 Å². The fraction of sp³-hybridized carbons (Fsp3) is 1.00. The molecule has 0 aromatic heterocycles. The summed E-state index contributed by atoms with van der Waals surface area (Å²) in [7, 11) is -4.64. The molecule has 0 aliphatic heterocycles. The van der Waals surface area contributed by atoms with Gasteiger partial charge in [0.2, 0.25) is 0 Å². The van der Waals surface area contributed by atoms with Crippen LogP contribution in [0.1, 0.15) is 65.7 Å². The first-order valence-corrected chi connectivity index (χ1v) is 8.30. The summed E-state index contributed by atoms with van der Waals surface area (Å²) < 4.78 is 8.88. The number of aliphatic hydroxyl groups excluding tert-OH is 1. The molecule has 0 aromatic carbocycles. The third kappa shape index (κ3) is 23.5. The van der Waals surface area contributed by atoms with Gasteiger partial charge in [0, 0.05) is 5.54 Å². The lowest BCUT2D eigenvalue weighted by molar-refractivity contribution is 0.0925. The molecule has 7 heteroatoms. The second-order valence-electron chi connectivity index (χ2n) is 5.41. The Morgan fingerprint density at radius 1 is 1.05 bits per heavy atom. The number of phosphoric acid groups is 1. The molecule has 118 valence electrons. The zero-order valence-corrected chi connectivity index (χ0v) is 13.1. The second-order valence-corrected chi connectivity index (χ2v) is 6.43. The Morgan fingerprint density at radius 3 is 1.79 bits per heavy atom. The van der Waals surface area contributed by atoms with Gasteiger partial charge in [-0.25, -0.2) is 4.57 Å². The van der Waals surface area contributed by atoms with E-state index in [4.69, 9.17) is 25.0 Å². The van der Waals surface area contributed by atoms with Crippen LogP contribution < -0.4 is 5.73 Å². The Labute approximate surface area is 116 Å². The van der Waals surface area contributed by atoms with Crippen molar-refractivity contribution in [3.05, 3.63) is 0 Å². The zero-order chi connectivity index (χ0) is 15.5. The van der Waals surface area contributed by atoms with Crippen LogP contribution in [0.4, 0.5) is 0 Å². The Morgan fingerprint density at radius 2 is 1.42 bits per heavy atom. The topological polar surface area (TPSA) is 124 Å². The fourth-order valence-corrected chi connectivity index (χ4v) is 1.49. The van der Waals surface area contributed by atoms with Crippen LogP contribution in [0, 0.1) is 0 Å². The average molecular weight is 299 g/mol. The molecule has 0 saturated carbocycles. The van der Waals surface area contributed by atoms with E-state index in [1.165, 1.54) is 32.1 Å². The highest BCUT2D eigenvalue weighted by atomic mass is 31.2. The highest BCUT2D eigenvalue weighted by molar-refractivity contribution is 7.45. The molecule has 0 saturated heterocycles. The van der Waals surface area contributed by atoms with Gasteiger partial charge in [-0.2, -0.15) is 0 Å². The van der Waals surface area contributed by atoms with E-state index < -0.39 is 13.4 Å². The summed E-state index contributed by atoms with van der Waals surface area (Å²) in [5, 5.41) is 9.66. The molecule has 6 nitrogen and oxygen atoms in total. The smallest absolute Gasteiger partial charge is 0.391 e. The van der Waals surface area contributed by atoms with Crippen molar-refractivity contribution in [1.29, 1.82) is 0 Å². The molecule has 1 atom stereocenters. The highest BCUT2D eigenvalue weighted by Crippen LogP contribution is 2.25. The van der Waals surface area contributed by atoms with Crippen molar-refractivity contribution in [1.82, 2.24) is 0 Å². The van der Waals surface area contributed by atoms with E-state index in [0.29, 0.717) is 0 Å². The Hall–Kier alpha value is 0.0300. The molecule has 0 aromatic rings. The first kappa shape index (κ1) is 21.3. The molecule has 0 radical (unpaired) electrons. The van der Waals surface area contributed by atoms with Gasteiger partial charge in [-0.1, -0.05) is 45.4 Å². The second kappa shape index (κ2) is 10.8.